The highest BCUT2D eigenvalue weighted by Crippen LogP contribution is 2.36. The van der Waals surface area contributed by atoms with E-state index in [4.69, 9.17) is 23.2 Å². The highest BCUT2D eigenvalue weighted by Gasteiger charge is 2.23. The Labute approximate surface area is 114 Å². The van der Waals surface area contributed by atoms with Crippen LogP contribution >= 0.6 is 23.2 Å². The van der Waals surface area contributed by atoms with E-state index < -0.39 is 0 Å². The van der Waals surface area contributed by atoms with E-state index in [1.807, 2.05) is 12.1 Å². The van der Waals surface area contributed by atoms with E-state index in [1.54, 1.807) is 0 Å². The van der Waals surface area contributed by atoms with Crippen LogP contribution in [0.25, 0.3) is 0 Å². The molecule has 1 saturated carbocycles. The first-order valence-electron chi connectivity index (χ1n) is 6.39. The molecule has 0 radical (unpaired) electrons. The molecular formula is C14H19Cl2N. The summed E-state index contributed by atoms with van der Waals surface area (Å²) in [6.45, 7) is 3.12. The van der Waals surface area contributed by atoms with Gasteiger partial charge in [-0.25, -0.2) is 0 Å². The summed E-state index contributed by atoms with van der Waals surface area (Å²) in [4.78, 5) is 0. The van der Waals surface area contributed by atoms with E-state index in [9.17, 15) is 0 Å². The molecule has 1 fully saturated rings. The van der Waals surface area contributed by atoms with Crippen LogP contribution in [0.3, 0.4) is 0 Å². The van der Waals surface area contributed by atoms with Crippen molar-refractivity contribution in [1.82, 2.24) is 5.32 Å². The smallest absolute Gasteiger partial charge is 0.0595 e. The SMILES string of the molecule is CCNC(CCC1CC1)c1ccc(Cl)c(Cl)c1. The highest BCUT2D eigenvalue weighted by molar-refractivity contribution is 6.42. The largest absolute Gasteiger partial charge is 0.310 e. The molecule has 1 aromatic rings. The summed E-state index contributed by atoms with van der Waals surface area (Å²) in [6, 6.07) is 6.37. The van der Waals surface area contributed by atoms with E-state index in [2.05, 4.69) is 18.3 Å². The van der Waals surface area contributed by atoms with Crippen molar-refractivity contribution in [1.29, 1.82) is 0 Å². The van der Waals surface area contributed by atoms with Crippen LogP contribution in [0, 0.1) is 5.92 Å². The second kappa shape index (κ2) is 6.08. The van der Waals surface area contributed by atoms with Gasteiger partial charge in [-0.1, -0.05) is 49.0 Å². The average molecular weight is 272 g/mol. The maximum absolute atomic E-state index is 6.07. The molecule has 3 heteroatoms. The summed E-state index contributed by atoms with van der Waals surface area (Å²) in [7, 11) is 0. The molecule has 94 valence electrons. The maximum Gasteiger partial charge on any atom is 0.0595 e. The Morgan fingerprint density at radius 1 is 1.29 bits per heavy atom. The first-order valence-corrected chi connectivity index (χ1v) is 7.14. The van der Waals surface area contributed by atoms with Gasteiger partial charge in [0.1, 0.15) is 0 Å². The molecule has 1 aliphatic carbocycles. The third-order valence-corrected chi connectivity index (χ3v) is 4.10. The van der Waals surface area contributed by atoms with Crippen molar-refractivity contribution in [2.75, 3.05) is 6.54 Å². The maximum atomic E-state index is 6.07. The van der Waals surface area contributed by atoms with Crippen molar-refractivity contribution < 1.29 is 0 Å². The van der Waals surface area contributed by atoms with Crippen LogP contribution in [-0.2, 0) is 0 Å². The third kappa shape index (κ3) is 3.87. The van der Waals surface area contributed by atoms with Crippen LogP contribution in [0.2, 0.25) is 10.0 Å². The molecule has 2 rings (SSSR count). The third-order valence-electron chi connectivity index (χ3n) is 3.36. The lowest BCUT2D eigenvalue weighted by atomic mass is 10.0. The standard InChI is InChI=1S/C14H19Cl2N/c1-2-17-14(8-5-10-3-4-10)11-6-7-12(15)13(16)9-11/h6-7,9-10,14,17H,2-5,8H2,1H3. The van der Waals surface area contributed by atoms with Gasteiger partial charge in [0, 0.05) is 6.04 Å². The van der Waals surface area contributed by atoms with Crippen LogP contribution in [0.1, 0.15) is 44.2 Å². The van der Waals surface area contributed by atoms with Gasteiger partial charge >= 0.3 is 0 Å². The fourth-order valence-electron chi connectivity index (χ4n) is 2.17. The molecule has 1 unspecified atom stereocenters. The van der Waals surface area contributed by atoms with Crippen LogP contribution in [0.5, 0.6) is 0 Å². The van der Waals surface area contributed by atoms with Crippen molar-refractivity contribution in [3.05, 3.63) is 33.8 Å². The summed E-state index contributed by atoms with van der Waals surface area (Å²) in [5, 5.41) is 4.81. The first kappa shape index (κ1) is 13.2. The zero-order valence-corrected chi connectivity index (χ0v) is 11.7. The van der Waals surface area contributed by atoms with Crippen molar-refractivity contribution in [3.63, 3.8) is 0 Å². The minimum atomic E-state index is 0.412. The van der Waals surface area contributed by atoms with Gasteiger partial charge in [-0.15, -0.1) is 0 Å². The lowest BCUT2D eigenvalue weighted by molar-refractivity contribution is 0.482. The Balaban J connectivity index is 2.03. The summed E-state index contributed by atoms with van der Waals surface area (Å²) in [6.07, 6.45) is 5.34. The zero-order valence-electron chi connectivity index (χ0n) is 10.2. The molecule has 0 bridgehead atoms. The molecule has 1 atom stereocenters. The van der Waals surface area contributed by atoms with Gasteiger partial charge in [0.05, 0.1) is 10.0 Å². The summed E-state index contributed by atoms with van der Waals surface area (Å²) < 4.78 is 0. The average Bonchev–Trinajstić information content (AvgIpc) is 3.12. The molecule has 0 aromatic heterocycles. The van der Waals surface area contributed by atoms with Crippen LogP contribution in [0.4, 0.5) is 0 Å². The molecule has 1 nitrogen and oxygen atoms in total. The second-order valence-electron chi connectivity index (χ2n) is 4.80. The van der Waals surface area contributed by atoms with E-state index in [0.29, 0.717) is 16.1 Å². The number of hydrogen-bond donors (Lipinski definition) is 1. The van der Waals surface area contributed by atoms with Gasteiger partial charge in [0.15, 0.2) is 0 Å². The topological polar surface area (TPSA) is 12.0 Å². The Hall–Kier alpha value is -0.240. The van der Waals surface area contributed by atoms with Gasteiger partial charge in [-0.05, 0) is 43.0 Å². The number of rotatable bonds is 6. The summed E-state index contributed by atoms with van der Waals surface area (Å²) in [5.41, 5.74) is 1.25. The quantitative estimate of drug-likeness (QED) is 0.781. The molecule has 0 heterocycles. The van der Waals surface area contributed by atoms with E-state index in [-0.39, 0.29) is 0 Å². The lowest BCUT2D eigenvalue weighted by Gasteiger charge is -2.18. The van der Waals surface area contributed by atoms with E-state index in [1.165, 1.54) is 31.2 Å². The molecule has 1 N–H and O–H groups in total. The van der Waals surface area contributed by atoms with Crippen LogP contribution in [-0.4, -0.2) is 6.54 Å². The Kier molecular flexibility index (Phi) is 4.72. The molecule has 0 saturated heterocycles. The normalized spacial score (nSPS) is 17.1. The molecular weight excluding hydrogens is 253 g/mol. The summed E-state index contributed by atoms with van der Waals surface area (Å²) >= 11 is 12.0. The number of halogens is 2. The van der Waals surface area contributed by atoms with Gasteiger partial charge in [-0.3, -0.25) is 0 Å². The fourth-order valence-corrected chi connectivity index (χ4v) is 2.48. The van der Waals surface area contributed by atoms with Gasteiger partial charge < -0.3 is 5.32 Å². The highest BCUT2D eigenvalue weighted by atomic mass is 35.5. The Bertz CT molecular complexity index is 374. The molecule has 17 heavy (non-hydrogen) atoms. The van der Waals surface area contributed by atoms with Crippen molar-refractivity contribution in [2.45, 2.75) is 38.6 Å². The van der Waals surface area contributed by atoms with E-state index in [0.717, 1.165) is 12.5 Å². The molecule has 0 aliphatic heterocycles. The summed E-state index contributed by atoms with van der Waals surface area (Å²) in [5.74, 6) is 0.971. The Morgan fingerprint density at radius 2 is 2.06 bits per heavy atom. The van der Waals surface area contributed by atoms with Gasteiger partial charge in [0.2, 0.25) is 0 Å². The number of nitrogens with one attached hydrogen (secondary N) is 1. The number of hydrogen-bond acceptors (Lipinski definition) is 1. The lowest BCUT2D eigenvalue weighted by Crippen LogP contribution is -2.21. The predicted molar refractivity (Wildman–Crippen MR) is 74.8 cm³/mol. The van der Waals surface area contributed by atoms with Crippen LogP contribution < -0.4 is 5.32 Å². The van der Waals surface area contributed by atoms with E-state index >= 15 is 0 Å². The second-order valence-corrected chi connectivity index (χ2v) is 5.62. The van der Waals surface area contributed by atoms with Crippen molar-refractivity contribution >= 4 is 23.2 Å². The zero-order chi connectivity index (χ0) is 12.3. The first-order chi connectivity index (χ1) is 8.20. The minimum Gasteiger partial charge on any atom is -0.310 e. The minimum absolute atomic E-state index is 0.412. The fraction of sp³-hybridized carbons (Fsp3) is 0.571. The molecule has 0 amide bonds. The number of benzene rings is 1. The molecule has 1 aromatic carbocycles. The van der Waals surface area contributed by atoms with Crippen molar-refractivity contribution in [2.24, 2.45) is 5.92 Å². The monoisotopic (exact) mass is 271 g/mol. The van der Waals surface area contributed by atoms with Gasteiger partial charge in [-0.2, -0.15) is 0 Å². The molecule has 1 aliphatic rings. The Morgan fingerprint density at radius 3 is 2.65 bits per heavy atom. The predicted octanol–water partition coefficient (Wildman–Crippen LogP) is 4.83. The molecule has 0 spiro atoms. The van der Waals surface area contributed by atoms with Gasteiger partial charge in [0.25, 0.3) is 0 Å². The van der Waals surface area contributed by atoms with Crippen molar-refractivity contribution in [3.8, 4) is 0 Å². The van der Waals surface area contributed by atoms with Crippen LogP contribution in [0.15, 0.2) is 18.2 Å².